The Balaban J connectivity index is 1.12. The highest BCUT2D eigenvalue weighted by atomic mass is 35.5. The molecule has 3 aliphatic rings. The number of piperidine rings is 1. The second-order valence-electron chi connectivity index (χ2n) is 13.4. The number of nitrogens with one attached hydrogen (secondary N) is 1. The van der Waals surface area contributed by atoms with Gasteiger partial charge in [-0.3, -0.25) is 9.48 Å². The number of aryl methyl sites for hydroxylation is 2. The van der Waals surface area contributed by atoms with Crippen LogP contribution >= 0.6 is 11.6 Å². The van der Waals surface area contributed by atoms with Crippen LogP contribution in [0.4, 0.5) is 0 Å². The number of rotatable bonds is 14. The van der Waals surface area contributed by atoms with Crippen molar-refractivity contribution in [2.45, 2.75) is 75.4 Å². The third-order valence-corrected chi connectivity index (χ3v) is 13.2. The van der Waals surface area contributed by atoms with Crippen molar-refractivity contribution in [3.8, 4) is 17.0 Å². The van der Waals surface area contributed by atoms with Gasteiger partial charge in [0.05, 0.1) is 24.0 Å². The highest BCUT2D eigenvalue weighted by Gasteiger charge is 2.32. The number of hydrogen-bond donors (Lipinski definition) is 1. The number of sulfonamides is 2. The largest absolute Gasteiger partial charge is 0.497 e. The molecular formula is C35H47ClN6O6S2. The van der Waals surface area contributed by atoms with Gasteiger partial charge in [-0.05, 0) is 74.9 Å². The lowest BCUT2D eigenvalue weighted by Gasteiger charge is -2.36. The third kappa shape index (κ3) is 8.54. The number of amides is 1. The molecule has 1 N–H and O–H groups in total. The number of aromatic nitrogens is 2. The summed E-state index contributed by atoms with van der Waals surface area (Å²) in [6, 6.07) is 12.4. The van der Waals surface area contributed by atoms with Crippen molar-refractivity contribution in [1.82, 2.24) is 28.6 Å². The van der Waals surface area contributed by atoms with Gasteiger partial charge in [-0.25, -0.2) is 21.6 Å². The zero-order valence-electron chi connectivity index (χ0n) is 28.8. The van der Waals surface area contributed by atoms with Crippen LogP contribution in [0.1, 0.15) is 55.3 Å². The number of hydrogen-bond acceptors (Lipinski definition) is 8. The number of nitrogens with zero attached hydrogens (tertiary/aromatic N) is 5. The fraction of sp³-hybridized carbons (Fsp3) is 0.543. The fourth-order valence-corrected chi connectivity index (χ4v) is 9.48. The van der Waals surface area contributed by atoms with Crippen LogP contribution in [0.3, 0.4) is 0 Å². The smallest absolute Gasteiger partial charge is 0.240 e. The predicted molar refractivity (Wildman–Crippen MR) is 193 cm³/mol. The van der Waals surface area contributed by atoms with Gasteiger partial charge >= 0.3 is 0 Å². The van der Waals surface area contributed by atoms with Gasteiger partial charge in [-0.2, -0.15) is 9.40 Å². The topological polar surface area (TPSA) is 134 Å². The van der Waals surface area contributed by atoms with Gasteiger partial charge in [0.2, 0.25) is 26.0 Å². The first-order chi connectivity index (χ1) is 23.9. The van der Waals surface area contributed by atoms with E-state index in [2.05, 4.69) is 19.2 Å². The Hall–Kier alpha value is -3.01. The second kappa shape index (κ2) is 15.7. The number of likely N-dealkylation sites (tertiary alicyclic amines) is 2. The molecule has 2 saturated heterocycles. The minimum atomic E-state index is -3.70. The van der Waals surface area contributed by atoms with Crippen molar-refractivity contribution < 1.29 is 26.4 Å². The molecule has 0 atom stereocenters. The van der Waals surface area contributed by atoms with Crippen LogP contribution in [-0.2, 0) is 50.8 Å². The molecule has 272 valence electrons. The van der Waals surface area contributed by atoms with Crippen LogP contribution in [0.2, 0.25) is 5.02 Å². The lowest BCUT2D eigenvalue weighted by molar-refractivity contribution is -0.130. The van der Waals surface area contributed by atoms with Gasteiger partial charge in [-0.15, -0.1) is 0 Å². The monoisotopic (exact) mass is 746 g/mol. The summed E-state index contributed by atoms with van der Waals surface area (Å²) in [7, 11) is -5.60. The summed E-state index contributed by atoms with van der Waals surface area (Å²) < 4.78 is 62.2. The van der Waals surface area contributed by atoms with Crippen LogP contribution in [-0.4, -0.2) is 105 Å². The zero-order valence-corrected chi connectivity index (χ0v) is 31.2. The van der Waals surface area contributed by atoms with E-state index in [9.17, 15) is 21.6 Å². The van der Waals surface area contributed by atoms with E-state index in [-0.39, 0.29) is 18.0 Å². The van der Waals surface area contributed by atoms with Crippen molar-refractivity contribution in [2.24, 2.45) is 0 Å². The van der Waals surface area contributed by atoms with Crippen molar-refractivity contribution in [3.63, 3.8) is 0 Å². The summed E-state index contributed by atoms with van der Waals surface area (Å²) in [5, 5.41) is 5.65. The number of benzene rings is 2. The lowest BCUT2D eigenvalue weighted by atomic mass is 9.99. The maximum absolute atomic E-state index is 12.8. The molecule has 12 nitrogen and oxygen atoms in total. The first-order valence-corrected chi connectivity index (χ1v) is 21.1. The molecule has 50 heavy (non-hydrogen) atoms. The van der Waals surface area contributed by atoms with Gasteiger partial charge in [0.1, 0.15) is 5.75 Å². The molecule has 0 saturated carbocycles. The quantitative estimate of drug-likeness (QED) is 0.246. The standard InChI is InChI=1S/C35H47ClN6O6S2/c1-48-29-8-3-9-30(24-29)50(46,47)37-16-4-7-26-23-27(11-12-32(26)36)35-31-25-40(49(2,44)45)22-15-33(31)42(38-35)19-6-17-39-20-13-28(14-21-39)41-18-5-10-34(41)43/h3,8-9,11-12,23-24,28,37H,4-7,10,13-22,25H2,1-2H3. The molecule has 0 aliphatic carbocycles. The summed E-state index contributed by atoms with van der Waals surface area (Å²) in [6.07, 6.45) is 7.49. The Morgan fingerprint density at radius 2 is 1.78 bits per heavy atom. The average Bonchev–Trinajstić information content (AvgIpc) is 3.70. The Morgan fingerprint density at radius 3 is 2.50 bits per heavy atom. The highest BCUT2D eigenvalue weighted by molar-refractivity contribution is 7.89. The number of fused-ring (bicyclic) bond motifs is 1. The molecule has 1 amide bonds. The maximum Gasteiger partial charge on any atom is 0.240 e. The SMILES string of the molecule is COc1cccc(S(=O)(=O)NCCCc2cc(-c3nn(CCCN4CCC(N5CCCC5=O)CC4)c4c3CN(S(C)(=O)=O)CC4)ccc2Cl)c1. The zero-order chi connectivity index (χ0) is 35.5. The summed E-state index contributed by atoms with van der Waals surface area (Å²) in [6.45, 7) is 5.42. The Morgan fingerprint density at radius 1 is 0.980 bits per heavy atom. The molecule has 2 fully saturated rings. The fourth-order valence-electron chi connectivity index (χ4n) is 7.37. The van der Waals surface area contributed by atoms with E-state index in [1.807, 2.05) is 18.2 Å². The van der Waals surface area contributed by atoms with E-state index < -0.39 is 20.0 Å². The number of halogens is 1. The van der Waals surface area contributed by atoms with Gasteiger partial charge in [0.15, 0.2) is 0 Å². The Bertz CT molecular complexity index is 1910. The van der Waals surface area contributed by atoms with Gasteiger partial charge in [-0.1, -0.05) is 23.7 Å². The normalized spacial score (nSPS) is 18.1. The van der Waals surface area contributed by atoms with E-state index in [1.54, 1.807) is 12.1 Å². The first kappa shape index (κ1) is 36.8. The summed E-state index contributed by atoms with van der Waals surface area (Å²) >= 11 is 6.62. The molecule has 0 bridgehead atoms. The molecule has 2 aromatic carbocycles. The van der Waals surface area contributed by atoms with Crippen LogP contribution in [0.5, 0.6) is 5.75 Å². The van der Waals surface area contributed by atoms with Crippen LogP contribution < -0.4 is 9.46 Å². The number of carbonyl (C=O) groups excluding carboxylic acids is 1. The first-order valence-electron chi connectivity index (χ1n) is 17.4. The minimum Gasteiger partial charge on any atom is -0.497 e. The summed E-state index contributed by atoms with van der Waals surface area (Å²) in [5.74, 6) is 0.770. The number of carbonyl (C=O) groups is 1. The molecule has 0 spiro atoms. The maximum atomic E-state index is 12.8. The number of ether oxygens (including phenoxy) is 1. The summed E-state index contributed by atoms with van der Waals surface area (Å²) in [4.78, 5) is 16.9. The molecule has 4 heterocycles. The highest BCUT2D eigenvalue weighted by Crippen LogP contribution is 2.33. The van der Waals surface area contributed by atoms with E-state index in [1.165, 1.54) is 29.8 Å². The third-order valence-electron chi connectivity index (χ3n) is 10.1. The van der Waals surface area contributed by atoms with Crippen LogP contribution in [0, 0.1) is 0 Å². The van der Waals surface area contributed by atoms with Gasteiger partial charge < -0.3 is 14.5 Å². The molecule has 0 unspecified atom stereocenters. The van der Waals surface area contributed by atoms with E-state index in [0.29, 0.717) is 54.9 Å². The van der Waals surface area contributed by atoms with E-state index in [4.69, 9.17) is 21.4 Å². The molecule has 3 aliphatic heterocycles. The van der Waals surface area contributed by atoms with Gasteiger partial charge in [0, 0.05) is 92.6 Å². The molecule has 6 rings (SSSR count). The van der Waals surface area contributed by atoms with E-state index >= 15 is 0 Å². The molecule has 1 aromatic heterocycles. The lowest BCUT2D eigenvalue weighted by Crippen LogP contribution is -2.45. The molecule has 3 aromatic rings. The van der Waals surface area contributed by atoms with Crippen molar-refractivity contribution in [1.29, 1.82) is 0 Å². The molecule has 15 heteroatoms. The minimum absolute atomic E-state index is 0.139. The second-order valence-corrected chi connectivity index (χ2v) is 17.6. The van der Waals surface area contributed by atoms with Crippen molar-refractivity contribution >= 4 is 37.6 Å². The predicted octanol–water partition coefficient (Wildman–Crippen LogP) is 3.92. The Kier molecular flexibility index (Phi) is 11.5. The van der Waals surface area contributed by atoms with Crippen LogP contribution in [0.15, 0.2) is 47.4 Å². The molecule has 0 radical (unpaired) electrons. The van der Waals surface area contributed by atoms with E-state index in [0.717, 1.165) is 86.5 Å². The summed E-state index contributed by atoms with van der Waals surface area (Å²) in [5.41, 5.74) is 4.45. The number of methoxy groups -OCH3 is 1. The average molecular weight is 747 g/mol. The van der Waals surface area contributed by atoms with Gasteiger partial charge in [0.25, 0.3) is 0 Å². The van der Waals surface area contributed by atoms with Crippen molar-refractivity contribution in [3.05, 3.63) is 64.3 Å². The Labute approximate surface area is 300 Å². The molecular weight excluding hydrogens is 700 g/mol. The van der Waals surface area contributed by atoms with Crippen LogP contribution in [0.25, 0.3) is 11.3 Å². The van der Waals surface area contributed by atoms with Crippen molar-refractivity contribution in [2.75, 3.05) is 52.6 Å².